The van der Waals surface area contributed by atoms with Gasteiger partial charge in [0, 0.05) is 5.92 Å². The minimum Gasteiger partial charge on any atom is -0.464 e. The molecule has 0 radical (unpaired) electrons. The van der Waals surface area contributed by atoms with E-state index < -0.39 is 17.3 Å². The Hall–Kier alpha value is -3.05. The quantitative estimate of drug-likeness (QED) is 0.827. The van der Waals surface area contributed by atoms with Crippen LogP contribution < -0.4 is 5.73 Å². The van der Waals surface area contributed by atoms with Crippen LogP contribution in [-0.4, -0.2) is 12.6 Å². The number of allylic oxidation sites excluding steroid dienone is 3. The van der Waals surface area contributed by atoms with Crippen molar-refractivity contribution in [3.8, 4) is 12.1 Å². The number of carbonyl (C=O) groups is 1. The van der Waals surface area contributed by atoms with Gasteiger partial charge in [0.1, 0.15) is 6.07 Å². The van der Waals surface area contributed by atoms with Gasteiger partial charge in [-0.25, -0.2) is 4.79 Å². The van der Waals surface area contributed by atoms with Gasteiger partial charge in [0.15, 0.2) is 0 Å². The molecule has 1 aromatic rings. The molecule has 3 rings (SSSR count). The molecule has 3 atom stereocenters. The number of hydrogen-bond donors (Lipinski definition) is 1. The summed E-state index contributed by atoms with van der Waals surface area (Å²) >= 11 is 0. The Labute approximate surface area is 159 Å². The smallest absolute Gasteiger partial charge is 0.333 e. The van der Waals surface area contributed by atoms with Crippen molar-refractivity contribution in [1.29, 1.82) is 10.5 Å². The highest BCUT2D eigenvalue weighted by atomic mass is 16.5. The molecule has 27 heavy (non-hydrogen) atoms. The molecule has 2 aliphatic carbocycles. The number of nitriles is 2. The average molecular weight is 361 g/mol. The van der Waals surface area contributed by atoms with Crippen LogP contribution in [0, 0.1) is 34.0 Å². The molecule has 0 aliphatic heterocycles. The fourth-order valence-corrected chi connectivity index (χ4v) is 4.52. The first-order valence-corrected chi connectivity index (χ1v) is 9.29. The van der Waals surface area contributed by atoms with E-state index in [2.05, 4.69) is 19.1 Å². The molecule has 0 fully saturated rings. The van der Waals surface area contributed by atoms with E-state index in [4.69, 9.17) is 10.5 Å². The first-order valence-electron chi connectivity index (χ1n) is 9.29. The molecule has 0 spiro atoms. The summed E-state index contributed by atoms with van der Waals surface area (Å²) in [5.41, 5.74) is 7.70. The second kappa shape index (κ2) is 7.29. The van der Waals surface area contributed by atoms with Crippen molar-refractivity contribution < 1.29 is 9.53 Å². The Kier molecular flexibility index (Phi) is 5.06. The fourth-order valence-electron chi connectivity index (χ4n) is 4.52. The molecular weight excluding hydrogens is 338 g/mol. The summed E-state index contributed by atoms with van der Waals surface area (Å²) in [7, 11) is 0. The van der Waals surface area contributed by atoms with E-state index in [0.29, 0.717) is 0 Å². The Morgan fingerprint density at radius 3 is 2.63 bits per heavy atom. The largest absolute Gasteiger partial charge is 0.464 e. The van der Waals surface area contributed by atoms with E-state index in [9.17, 15) is 15.3 Å². The number of rotatable bonds is 3. The van der Waals surface area contributed by atoms with Crippen molar-refractivity contribution in [2.75, 3.05) is 6.61 Å². The van der Waals surface area contributed by atoms with E-state index in [1.54, 1.807) is 6.92 Å². The van der Waals surface area contributed by atoms with Crippen molar-refractivity contribution in [2.24, 2.45) is 17.1 Å². The number of nitrogens with two attached hydrogens (primary N) is 1. The number of carbonyl (C=O) groups excluding carboxylic acids is 1. The first kappa shape index (κ1) is 18.7. The first-order chi connectivity index (χ1) is 13.0. The highest BCUT2D eigenvalue weighted by molar-refractivity contribution is 5.88. The third-order valence-electron chi connectivity index (χ3n) is 5.69. The van der Waals surface area contributed by atoms with Gasteiger partial charge in [0.05, 0.1) is 23.9 Å². The topological polar surface area (TPSA) is 99.9 Å². The van der Waals surface area contributed by atoms with Crippen LogP contribution in [0.5, 0.6) is 0 Å². The van der Waals surface area contributed by atoms with E-state index in [-0.39, 0.29) is 23.8 Å². The van der Waals surface area contributed by atoms with E-state index >= 15 is 0 Å². The molecule has 5 heteroatoms. The normalized spacial score (nSPS) is 27.4. The SMILES string of the molecule is CCOC(=O)[C@]1(C#N)C(N)=C(C#N)C2=C(CCC[C@H]2C)[C@@H]1c1ccccc1. The molecule has 0 saturated heterocycles. The van der Waals surface area contributed by atoms with Crippen molar-refractivity contribution in [3.05, 3.63) is 58.3 Å². The summed E-state index contributed by atoms with van der Waals surface area (Å²) in [5.74, 6) is -1.07. The van der Waals surface area contributed by atoms with Gasteiger partial charge in [0.25, 0.3) is 0 Å². The van der Waals surface area contributed by atoms with Gasteiger partial charge in [-0.3, -0.25) is 0 Å². The van der Waals surface area contributed by atoms with Gasteiger partial charge >= 0.3 is 5.97 Å². The van der Waals surface area contributed by atoms with Gasteiger partial charge in [-0.15, -0.1) is 0 Å². The monoisotopic (exact) mass is 361 g/mol. The number of esters is 1. The standard InChI is InChI=1S/C22H23N3O2/c1-3-27-21(26)22(13-24)19(15-9-5-4-6-10-15)16-11-7-8-14(2)18(16)17(12-23)20(22)25/h4-6,9-10,14,19H,3,7-8,11,25H2,1-2H3/t14-,19+,22+/m1/s1. The van der Waals surface area contributed by atoms with Crippen LogP contribution in [0.4, 0.5) is 0 Å². The molecule has 0 heterocycles. The Bertz CT molecular complexity index is 902. The number of hydrogen-bond acceptors (Lipinski definition) is 5. The summed E-state index contributed by atoms with van der Waals surface area (Å²) < 4.78 is 5.29. The van der Waals surface area contributed by atoms with E-state index in [1.807, 2.05) is 30.3 Å². The fraction of sp³-hybridized carbons (Fsp3) is 0.409. The van der Waals surface area contributed by atoms with Crippen molar-refractivity contribution in [3.63, 3.8) is 0 Å². The van der Waals surface area contributed by atoms with Crippen LogP contribution in [-0.2, 0) is 9.53 Å². The lowest BCUT2D eigenvalue weighted by Gasteiger charge is -2.43. The molecule has 0 saturated carbocycles. The van der Waals surface area contributed by atoms with Crippen molar-refractivity contribution in [2.45, 2.75) is 39.0 Å². The lowest BCUT2D eigenvalue weighted by atomic mass is 9.58. The van der Waals surface area contributed by atoms with Gasteiger partial charge < -0.3 is 10.5 Å². The second-order valence-corrected chi connectivity index (χ2v) is 7.12. The molecule has 2 aliphatic rings. The van der Waals surface area contributed by atoms with Gasteiger partial charge in [-0.1, -0.05) is 42.8 Å². The van der Waals surface area contributed by atoms with Crippen LogP contribution in [0.25, 0.3) is 0 Å². The molecule has 5 nitrogen and oxygen atoms in total. The third-order valence-corrected chi connectivity index (χ3v) is 5.69. The maximum atomic E-state index is 13.1. The van der Waals surface area contributed by atoms with Crippen molar-refractivity contribution >= 4 is 5.97 Å². The zero-order chi connectivity index (χ0) is 19.6. The van der Waals surface area contributed by atoms with Crippen LogP contribution in [0.15, 0.2) is 52.7 Å². The minimum atomic E-state index is -1.72. The molecule has 0 aromatic heterocycles. The molecule has 138 valence electrons. The van der Waals surface area contributed by atoms with E-state index in [1.165, 1.54) is 0 Å². The second-order valence-electron chi connectivity index (χ2n) is 7.12. The van der Waals surface area contributed by atoms with Crippen molar-refractivity contribution in [1.82, 2.24) is 0 Å². The Morgan fingerprint density at radius 2 is 2.04 bits per heavy atom. The molecule has 1 aromatic carbocycles. The van der Waals surface area contributed by atoms with E-state index in [0.717, 1.165) is 36.0 Å². The Morgan fingerprint density at radius 1 is 1.33 bits per heavy atom. The summed E-state index contributed by atoms with van der Waals surface area (Å²) in [5, 5.41) is 20.0. The predicted molar refractivity (Wildman–Crippen MR) is 101 cm³/mol. The van der Waals surface area contributed by atoms with Gasteiger partial charge in [0.2, 0.25) is 5.41 Å². The Balaban J connectivity index is 2.38. The summed E-state index contributed by atoms with van der Waals surface area (Å²) in [6.45, 7) is 3.91. The summed E-state index contributed by atoms with van der Waals surface area (Å²) in [6.07, 6.45) is 2.64. The minimum absolute atomic E-state index is 0.0207. The molecule has 0 bridgehead atoms. The summed E-state index contributed by atoms with van der Waals surface area (Å²) in [4.78, 5) is 13.1. The number of nitrogens with zero attached hydrogens (tertiary/aromatic N) is 2. The van der Waals surface area contributed by atoms with Gasteiger partial charge in [-0.2, -0.15) is 10.5 Å². The highest BCUT2D eigenvalue weighted by Gasteiger charge is 2.57. The molecular formula is C22H23N3O2. The zero-order valence-electron chi connectivity index (χ0n) is 15.7. The third kappa shape index (κ3) is 2.71. The lowest BCUT2D eigenvalue weighted by molar-refractivity contribution is -0.151. The maximum absolute atomic E-state index is 13.1. The molecule has 2 N–H and O–H groups in total. The lowest BCUT2D eigenvalue weighted by Crippen LogP contribution is -2.47. The van der Waals surface area contributed by atoms with Crippen LogP contribution in [0.1, 0.15) is 44.6 Å². The number of benzene rings is 1. The molecule has 0 amide bonds. The predicted octanol–water partition coefficient (Wildman–Crippen LogP) is 3.71. The van der Waals surface area contributed by atoms with Crippen LogP contribution in [0.2, 0.25) is 0 Å². The van der Waals surface area contributed by atoms with Gasteiger partial charge in [-0.05, 0) is 43.2 Å². The molecule has 0 unspecified atom stereocenters. The zero-order valence-corrected chi connectivity index (χ0v) is 15.7. The van der Waals surface area contributed by atoms with Crippen LogP contribution in [0.3, 0.4) is 0 Å². The average Bonchev–Trinajstić information content (AvgIpc) is 2.68. The summed E-state index contributed by atoms with van der Waals surface area (Å²) in [6, 6.07) is 13.8. The maximum Gasteiger partial charge on any atom is 0.333 e. The number of ether oxygens (including phenoxy) is 1. The highest BCUT2D eigenvalue weighted by Crippen LogP contribution is 2.56. The van der Waals surface area contributed by atoms with Crippen LogP contribution >= 0.6 is 0 Å².